The molecule has 8 nitrogen and oxygen atoms in total. The molecule has 0 aromatic carbocycles. The van der Waals surface area contributed by atoms with Gasteiger partial charge in [0.15, 0.2) is 6.29 Å². The van der Waals surface area contributed by atoms with Crippen LogP contribution in [0, 0.1) is 0 Å². The summed E-state index contributed by atoms with van der Waals surface area (Å²) in [6.45, 7) is 7.67. The van der Waals surface area contributed by atoms with E-state index in [-0.39, 0.29) is 12.8 Å². The van der Waals surface area contributed by atoms with Crippen LogP contribution in [0.15, 0.2) is 12.7 Å². The first kappa shape index (κ1) is 21.5. The molecule has 142 valence electrons. The molecule has 0 bridgehead atoms. The van der Waals surface area contributed by atoms with E-state index in [9.17, 15) is 30.6 Å². The molecule has 0 unspecified atom stereocenters. The molecule has 1 aliphatic rings. The maximum Gasteiger partial charge on any atom is 0.187 e. The van der Waals surface area contributed by atoms with Crippen molar-refractivity contribution in [1.29, 1.82) is 0 Å². The van der Waals surface area contributed by atoms with Crippen LogP contribution in [0.2, 0.25) is 0 Å². The van der Waals surface area contributed by atoms with Gasteiger partial charge in [-0.3, -0.25) is 0 Å². The van der Waals surface area contributed by atoms with Gasteiger partial charge in [0.05, 0.1) is 23.9 Å². The van der Waals surface area contributed by atoms with Crippen molar-refractivity contribution in [2.24, 2.45) is 0 Å². The van der Waals surface area contributed by atoms with Gasteiger partial charge in [0.1, 0.15) is 24.4 Å². The minimum atomic E-state index is -1.55. The summed E-state index contributed by atoms with van der Waals surface area (Å²) in [6, 6.07) is 0. The van der Waals surface area contributed by atoms with Gasteiger partial charge in [0.2, 0.25) is 0 Å². The van der Waals surface area contributed by atoms with Crippen LogP contribution in [0.4, 0.5) is 0 Å². The van der Waals surface area contributed by atoms with Crippen molar-refractivity contribution >= 4 is 0 Å². The van der Waals surface area contributed by atoms with E-state index in [1.54, 1.807) is 20.8 Å². The molecule has 1 heterocycles. The molecular formula is C16H30O8. The molecule has 0 aromatic heterocycles. The minimum absolute atomic E-state index is 0.198. The number of rotatable bonds is 8. The van der Waals surface area contributed by atoms with Crippen LogP contribution in [0.3, 0.4) is 0 Å². The van der Waals surface area contributed by atoms with Crippen molar-refractivity contribution in [2.45, 2.75) is 81.6 Å². The van der Waals surface area contributed by atoms with Crippen LogP contribution >= 0.6 is 0 Å². The van der Waals surface area contributed by atoms with Crippen molar-refractivity contribution in [1.82, 2.24) is 0 Å². The Morgan fingerprint density at radius 3 is 2.25 bits per heavy atom. The van der Waals surface area contributed by atoms with E-state index in [4.69, 9.17) is 9.47 Å². The molecule has 0 saturated carbocycles. The summed E-state index contributed by atoms with van der Waals surface area (Å²) < 4.78 is 10.9. The lowest BCUT2D eigenvalue weighted by molar-refractivity contribution is -0.331. The van der Waals surface area contributed by atoms with Crippen molar-refractivity contribution in [3.05, 3.63) is 12.7 Å². The van der Waals surface area contributed by atoms with Crippen LogP contribution in [-0.4, -0.2) is 85.3 Å². The predicted molar refractivity (Wildman–Crippen MR) is 85.0 cm³/mol. The highest BCUT2D eigenvalue weighted by Crippen LogP contribution is 2.29. The molecule has 0 aromatic rings. The van der Waals surface area contributed by atoms with E-state index in [2.05, 4.69) is 6.58 Å². The Bertz CT molecular complexity index is 409. The molecule has 7 atom stereocenters. The highest BCUT2D eigenvalue weighted by Gasteiger charge is 2.46. The maximum atomic E-state index is 10.3. The van der Waals surface area contributed by atoms with E-state index in [1.807, 2.05) is 0 Å². The molecule has 24 heavy (non-hydrogen) atoms. The second-order valence-corrected chi connectivity index (χ2v) is 7.03. The summed E-state index contributed by atoms with van der Waals surface area (Å²) in [6.07, 6.45) is -6.14. The highest BCUT2D eigenvalue weighted by atomic mass is 16.7. The predicted octanol–water partition coefficient (Wildman–Crippen LogP) is -1.34. The standard InChI is InChI=1S/C16H30O8/c1-5-16(4,22)7-6-10(18)15(2,3)24-14-13(21)12(20)11(19)9(8-17)23-14/h5,9-14,17-22H,1,6-8H2,2-4H3/t9-,10+,11-,12+,13-,14+,16+/m1/s1. The number of ether oxygens (including phenoxy) is 2. The average Bonchev–Trinajstić information content (AvgIpc) is 2.53. The van der Waals surface area contributed by atoms with Gasteiger partial charge in [0, 0.05) is 0 Å². The third-order valence-corrected chi connectivity index (χ3v) is 4.43. The van der Waals surface area contributed by atoms with Gasteiger partial charge in [-0.1, -0.05) is 6.08 Å². The van der Waals surface area contributed by atoms with Gasteiger partial charge < -0.3 is 40.1 Å². The smallest absolute Gasteiger partial charge is 0.187 e. The Balaban J connectivity index is 2.72. The maximum absolute atomic E-state index is 10.3. The molecule has 6 N–H and O–H groups in total. The van der Waals surface area contributed by atoms with Gasteiger partial charge in [-0.25, -0.2) is 0 Å². The molecule has 0 aliphatic carbocycles. The van der Waals surface area contributed by atoms with E-state index >= 15 is 0 Å². The van der Waals surface area contributed by atoms with Crippen molar-refractivity contribution in [3.8, 4) is 0 Å². The molecule has 0 spiro atoms. The van der Waals surface area contributed by atoms with Gasteiger partial charge in [-0.05, 0) is 33.6 Å². The topological polar surface area (TPSA) is 140 Å². The van der Waals surface area contributed by atoms with E-state index in [0.717, 1.165) is 0 Å². The van der Waals surface area contributed by atoms with Crippen molar-refractivity contribution in [3.63, 3.8) is 0 Å². The average molecular weight is 350 g/mol. The van der Waals surface area contributed by atoms with Crippen LogP contribution in [0.25, 0.3) is 0 Å². The fourth-order valence-electron chi connectivity index (χ4n) is 2.42. The summed E-state index contributed by atoms with van der Waals surface area (Å²) in [4.78, 5) is 0. The second kappa shape index (κ2) is 8.20. The monoisotopic (exact) mass is 350 g/mol. The van der Waals surface area contributed by atoms with Gasteiger partial charge in [-0.2, -0.15) is 0 Å². The SMILES string of the molecule is C=C[C@](C)(O)CC[C@H](O)C(C)(C)O[C@@H]1O[C@H](CO)[C@@H](O)[C@H](O)[C@H]1O. The normalized spacial score (nSPS) is 35.3. The number of hydrogen-bond acceptors (Lipinski definition) is 8. The molecule has 1 saturated heterocycles. The van der Waals surface area contributed by atoms with Gasteiger partial charge in [-0.15, -0.1) is 6.58 Å². The lowest BCUT2D eigenvalue weighted by Crippen LogP contribution is -2.61. The quantitative estimate of drug-likeness (QED) is 0.296. The molecule has 0 radical (unpaired) electrons. The first-order chi connectivity index (χ1) is 10.9. The zero-order valence-corrected chi connectivity index (χ0v) is 14.4. The third kappa shape index (κ3) is 5.21. The molecule has 1 fully saturated rings. The van der Waals surface area contributed by atoms with E-state index in [1.165, 1.54) is 6.08 Å². The summed E-state index contributed by atoms with van der Waals surface area (Å²) in [5, 5.41) is 58.9. The van der Waals surface area contributed by atoms with E-state index in [0.29, 0.717) is 0 Å². The number of aliphatic hydroxyl groups excluding tert-OH is 5. The Labute approximate surface area is 142 Å². The number of hydrogen-bond donors (Lipinski definition) is 6. The zero-order valence-electron chi connectivity index (χ0n) is 14.4. The van der Waals surface area contributed by atoms with Gasteiger partial charge >= 0.3 is 0 Å². The molecular weight excluding hydrogens is 320 g/mol. The van der Waals surface area contributed by atoms with Crippen LogP contribution in [0.5, 0.6) is 0 Å². The fourth-order valence-corrected chi connectivity index (χ4v) is 2.42. The Kier molecular flexibility index (Phi) is 7.33. The lowest BCUT2D eigenvalue weighted by Gasteiger charge is -2.43. The van der Waals surface area contributed by atoms with Crippen LogP contribution in [-0.2, 0) is 9.47 Å². The number of aliphatic hydroxyl groups is 6. The molecule has 1 rings (SSSR count). The van der Waals surface area contributed by atoms with E-state index < -0.39 is 54.6 Å². The summed E-state index contributed by atoms with van der Waals surface area (Å²) in [5.41, 5.74) is -2.30. The van der Waals surface area contributed by atoms with Crippen molar-refractivity contribution in [2.75, 3.05) is 6.61 Å². The Morgan fingerprint density at radius 1 is 1.17 bits per heavy atom. The summed E-state index contributed by atoms with van der Waals surface area (Å²) >= 11 is 0. The minimum Gasteiger partial charge on any atom is -0.394 e. The fraction of sp³-hybridized carbons (Fsp3) is 0.875. The third-order valence-electron chi connectivity index (χ3n) is 4.43. The first-order valence-electron chi connectivity index (χ1n) is 7.97. The highest BCUT2D eigenvalue weighted by molar-refractivity contribution is 4.94. The largest absolute Gasteiger partial charge is 0.394 e. The lowest BCUT2D eigenvalue weighted by atomic mass is 9.91. The first-order valence-corrected chi connectivity index (χ1v) is 7.97. The van der Waals surface area contributed by atoms with Gasteiger partial charge in [0.25, 0.3) is 0 Å². The summed E-state index contributed by atoms with van der Waals surface area (Å²) in [5.74, 6) is 0. The Morgan fingerprint density at radius 2 is 1.75 bits per heavy atom. The molecule has 0 amide bonds. The molecule has 1 aliphatic heterocycles. The van der Waals surface area contributed by atoms with Crippen LogP contribution < -0.4 is 0 Å². The van der Waals surface area contributed by atoms with Crippen molar-refractivity contribution < 1.29 is 40.1 Å². The zero-order chi connectivity index (χ0) is 18.7. The molecule has 8 heteroatoms. The Hall–Kier alpha value is -0.580. The van der Waals surface area contributed by atoms with Crippen LogP contribution in [0.1, 0.15) is 33.6 Å². The second-order valence-electron chi connectivity index (χ2n) is 7.03. The summed E-state index contributed by atoms with van der Waals surface area (Å²) in [7, 11) is 0.